The third-order valence-corrected chi connectivity index (χ3v) is 4.66. The Kier molecular flexibility index (Phi) is 3.16. The molecule has 0 saturated carbocycles. The van der Waals surface area contributed by atoms with Gasteiger partial charge in [-0.2, -0.15) is 0 Å². The molecule has 1 aromatic heterocycles. The van der Waals surface area contributed by atoms with Gasteiger partial charge in [0.1, 0.15) is 9.34 Å². The molecule has 2 fully saturated rings. The van der Waals surface area contributed by atoms with Gasteiger partial charge in [-0.15, -0.1) is 11.3 Å². The van der Waals surface area contributed by atoms with Gasteiger partial charge in [-0.3, -0.25) is 4.90 Å². The molecule has 0 spiro atoms. The fraction of sp³-hybridized carbons (Fsp3) is 0.727. The minimum atomic E-state index is 0.712. The fourth-order valence-electron chi connectivity index (χ4n) is 2.82. The average molecular weight is 258 g/mol. The van der Waals surface area contributed by atoms with Crippen molar-refractivity contribution in [1.29, 1.82) is 0 Å². The summed E-state index contributed by atoms with van der Waals surface area (Å²) in [5.74, 6) is 0.851. The van der Waals surface area contributed by atoms with E-state index in [-0.39, 0.29) is 0 Å². The third kappa shape index (κ3) is 2.25. The van der Waals surface area contributed by atoms with Crippen LogP contribution < -0.4 is 5.32 Å². The van der Waals surface area contributed by atoms with Crippen LogP contribution in [0.25, 0.3) is 0 Å². The summed E-state index contributed by atoms with van der Waals surface area (Å²) in [6.45, 7) is 4.54. The summed E-state index contributed by atoms with van der Waals surface area (Å²) in [6.07, 6.45) is 4.47. The van der Waals surface area contributed by atoms with E-state index in [0.717, 1.165) is 21.8 Å². The van der Waals surface area contributed by atoms with E-state index in [1.807, 2.05) is 0 Å². The molecule has 2 atom stereocenters. The third-order valence-electron chi connectivity index (χ3n) is 3.56. The fourth-order valence-corrected chi connectivity index (χ4v) is 3.82. The number of nitrogens with zero attached hydrogens (tertiary/aromatic N) is 2. The van der Waals surface area contributed by atoms with Crippen molar-refractivity contribution in [2.24, 2.45) is 5.92 Å². The molecule has 2 aliphatic rings. The zero-order valence-electron chi connectivity index (χ0n) is 9.16. The van der Waals surface area contributed by atoms with E-state index in [1.165, 1.54) is 32.5 Å². The smallest absolute Gasteiger partial charge is 0.113 e. The van der Waals surface area contributed by atoms with Crippen LogP contribution in [-0.2, 0) is 6.54 Å². The first kappa shape index (κ1) is 11.0. The van der Waals surface area contributed by atoms with Crippen molar-refractivity contribution in [3.05, 3.63) is 15.5 Å². The predicted octanol–water partition coefficient (Wildman–Crippen LogP) is 1.98. The molecule has 16 heavy (non-hydrogen) atoms. The van der Waals surface area contributed by atoms with Crippen molar-refractivity contribution in [2.75, 3.05) is 19.6 Å². The lowest BCUT2D eigenvalue weighted by Gasteiger charge is -2.24. The Balaban J connectivity index is 1.61. The van der Waals surface area contributed by atoms with Gasteiger partial charge in [0.2, 0.25) is 0 Å². The van der Waals surface area contributed by atoms with E-state index < -0.39 is 0 Å². The first-order valence-corrected chi connectivity index (χ1v) is 7.06. The molecule has 0 unspecified atom stereocenters. The molecule has 0 aromatic carbocycles. The number of fused-ring (bicyclic) bond motifs is 1. The van der Waals surface area contributed by atoms with Crippen molar-refractivity contribution in [3.8, 4) is 0 Å². The number of hydrogen-bond acceptors (Lipinski definition) is 4. The van der Waals surface area contributed by atoms with Gasteiger partial charge in [-0.05, 0) is 25.3 Å². The lowest BCUT2D eigenvalue weighted by molar-refractivity contribution is 0.312. The maximum atomic E-state index is 5.89. The summed E-state index contributed by atoms with van der Waals surface area (Å²) in [5, 5.41) is 4.76. The largest absolute Gasteiger partial charge is 0.312 e. The Morgan fingerprint density at radius 3 is 3.25 bits per heavy atom. The number of likely N-dealkylation sites (tertiary alicyclic amines) is 1. The van der Waals surface area contributed by atoms with Crippen molar-refractivity contribution < 1.29 is 0 Å². The summed E-state index contributed by atoms with van der Waals surface area (Å²) in [7, 11) is 0. The molecule has 3 heterocycles. The molecule has 0 bridgehead atoms. The molecule has 0 amide bonds. The molecule has 1 aromatic rings. The quantitative estimate of drug-likeness (QED) is 0.878. The molecule has 2 saturated heterocycles. The van der Waals surface area contributed by atoms with E-state index in [4.69, 9.17) is 11.6 Å². The molecular formula is C11H16ClN3S. The van der Waals surface area contributed by atoms with Crippen LogP contribution in [0.4, 0.5) is 0 Å². The number of hydrogen-bond donors (Lipinski definition) is 1. The number of rotatable bonds is 2. The van der Waals surface area contributed by atoms with Gasteiger partial charge >= 0.3 is 0 Å². The second-order valence-corrected chi connectivity index (χ2v) is 6.46. The number of aromatic nitrogens is 1. The Labute approximate surface area is 105 Å². The zero-order valence-corrected chi connectivity index (χ0v) is 10.7. The SMILES string of the molecule is Clc1cnc(CN2C[C@@H]3CCCN[C@@H]3C2)s1. The number of halogens is 1. The van der Waals surface area contributed by atoms with Crippen LogP contribution in [0.2, 0.25) is 4.34 Å². The minimum Gasteiger partial charge on any atom is -0.312 e. The van der Waals surface area contributed by atoms with E-state index in [0.29, 0.717) is 6.04 Å². The van der Waals surface area contributed by atoms with Crippen LogP contribution >= 0.6 is 22.9 Å². The molecule has 88 valence electrons. The van der Waals surface area contributed by atoms with Gasteiger partial charge < -0.3 is 5.32 Å². The highest BCUT2D eigenvalue weighted by atomic mass is 35.5. The Morgan fingerprint density at radius 1 is 1.56 bits per heavy atom. The highest BCUT2D eigenvalue weighted by Crippen LogP contribution is 2.27. The van der Waals surface area contributed by atoms with Crippen LogP contribution in [0.1, 0.15) is 17.8 Å². The number of thiazole rings is 1. The van der Waals surface area contributed by atoms with Gasteiger partial charge in [-0.25, -0.2) is 4.98 Å². The minimum absolute atomic E-state index is 0.712. The maximum absolute atomic E-state index is 5.89. The molecule has 0 aliphatic carbocycles. The van der Waals surface area contributed by atoms with Crippen molar-refractivity contribution >= 4 is 22.9 Å². The summed E-state index contributed by atoms with van der Waals surface area (Å²) in [6, 6.07) is 0.712. The lowest BCUT2D eigenvalue weighted by atomic mass is 9.94. The van der Waals surface area contributed by atoms with Crippen LogP contribution in [0.5, 0.6) is 0 Å². The van der Waals surface area contributed by atoms with Gasteiger partial charge in [0.25, 0.3) is 0 Å². The van der Waals surface area contributed by atoms with Crippen molar-refractivity contribution in [2.45, 2.75) is 25.4 Å². The van der Waals surface area contributed by atoms with Gasteiger partial charge in [0, 0.05) is 19.1 Å². The van der Waals surface area contributed by atoms with E-state index in [1.54, 1.807) is 17.5 Å². The van der Waals surface area contributed by atoms with E-state index in [2.05, 4.69) is 15.2 Å². The highest BCUT2D eigenvalue weighted by molar-refractivity contribution is 7.15. The second kappa shape index (κ2) is 4.61. The molecule has 3 rings (SSSR count). The number of piperidine rings is 1. The summed E-state index contributed by atoms with van der Waals surface area (Å²) in [4.78, 5) is 6.82. The molecular weight excluding hydrogens is 242 g/mol. The van der Waals surface area contributed by atoms with E-state index in [9.17, 15) is 0 Å². The Bertz CT molecular complexity index is 354. The van der Waals surface area contributed by atoms with Gasteiger partial charge in [-0.1, -0.05) is 11.6 Å². The van der Waals surface area contributed by atoms with Crippen LogP contribution in [0.3, 0.4) is 0 Å². The van der Waals surface area contributed by atoms with Crippen LogP contribution in [0, 0.1) is 5.92 Å². The average Bonchev–Trinajstić information content (AvgIpc) is 2.84. The highest BCUT2D eigenvalue weighted by Gasteiger charge is 2.34. The Hall–Kier alpha value is -0.160. The van der Waals surface area contributed by atoms with Gasteiger partial charge in [0.15, 0.2) is 0 Å². The molecule has 5 heteroatoms. The topological polar surface area (TPSA) is 28.2 Å². The summed E-state index contributed by atoms with van der Waals surface area (Å²) < 4.78 is 0.796. The van der Waals surface area contributed by atoms with Crippen LogP contribution in [-0.4, -0.2) is 35.6 Å². The standard InChI is InChI=1S/C11H16ClN3S/c12-10-4-14-11(16-10)7-15-5-8-2-1-3-13-9(8)6-15/h4,8-9,13H,1-3,5-7H2/t8-,9+/m0/s1. The lowest BCUT2D eigenvalue weighted by Crippen LogP contribution is -2.40. The first-order chi connectivity index (χ1) is 7.81. The second-order valence-electron chi connectivity index (χ2n) is 4.72. The molecule has 3 nitrogen and oxygen atoms in total. The predicted molar refractivity (Wildman–Crippen MR) is 66.9 cm³/mol. The molecule has 2 aliphatic heterocycles. The summed E-state index contributed by atoms with van der Waals surface area (Å²) in [5.41, 5.74) is 0. The monoisotopic (exact) mass is 257 g/mol. The summed E-state index contributed by atoms with van der Waals surface area (Å²) >= 11 is 7.49. The van der Waals surface area contributed by atoms with Crippen molar-refractivity contribution in [3.63, 3.8) is 0 Å². The maximum Gasteiger partial charge on any atom is 0.113 e. The normalized spacial score (nSPS) is 30.6. The number of nitrogens with one attached hydrogen (secondary N) is 1. The van der Waals surface area contributed by atoms with Crippen LogP contribution in [0.15, 0.2) is 6.20 Å². The Morgan fingerprint density at radius 2 is 2.50 bits per heavy atom. The molecule has 0 radical (unpaired) electrons. The van der Waals surface area contributed by atoms with E-state index >= 15 is 0 Å². The van der Waals surface area contributed by atoms with Crippen molar-refractivity contribution in [1.82, 2.24) is 15.2 Å². The first-order valence-electron chi connectivity index (χ1n) is 5.87. The molecule has 1 N–H and O–H groups in total. The zero-order chi connectivity index (χ0) is 11.0. The van der Waals surface area contributed by atoms with Gasteiger partial charge in [0.05, 0.1) is 12.7 Å².